The number of nitrogens with zero attached hydrogens (tertiary/aromatic N) is 2. The predicted molar refractivity (Wildman–Crippen MR) is 72.9 cm³/mol. The van der Waals surface area contributed by atoms with Gasteiger partial charge in [0.2, 0.25) is 0 Å². The van der Waals surface area contributed by atoms with Gasteiger partial charge in [0.15, 0.2) is 0 Å². The van der Waals surface area contributed by atoms with Gasteiger partial charge in [0.1, 0.15) is 11.5 Å². The highest BCUT2D eigenvalue weighted by Crippen LogP contribution is 2.11. The van der Waals surface area contributed by atoms with Crippen molar-refractivity contribution in [3.8, 4) is 0 Å². The first kappa shape index (κ1) is 13.1. The molecule has 0 aliphatic rings. The van der Waals surface area contributed by atoms with Crippen LogP contribution in [0.5, 0.6) is 0 Å². The number of hydrogen-bond donors (Lipinski definition) is 1. The number of anilines is 1. The number of carbonyl (C=O) groups is 1. The maximum absolute atomic E-state index is 12.0. The van der Waals surface area contributed by atoms with Crippen LogP contribution in [0.1, 0.15) is 17.0 Å². The zero-order valence-electron chi connectivity index (χ0n) is 11.3. The van der Waals surface area contributed by atoms with Crippen molar-refractivity contribution in [2.45, 2.75) is 20.4 Å². The summed E-state index contributed by atoms with van der Waals surface area (Å²) in [5.74, 6) is 0.738. The fourth-order valence-electron chi connectivity index (χ4n) is 1.75. The summed E-state index contributed by atoms with van der Waals surface area (Å²) in [6.07, 6.45) is 0. The van der Waals surface area contributed by atoms with Gasteiger partial charge in [-0.2, -0.15) is 0 Å². The zero-order valence-corrected chi connectivity index (χ0v) is 11.3. The first-order valence-corrected chi connectivity index (χ1v) is 6.05. The smallest absolute Gasteiger partial charge is 0.321 e. The van der Waals surface area contributed by atoms with Crippen molar-refractivity contribution < 1.29 is 9.32 Å². The van der Waals surface area contributed by atoms with Crippen LogP contribution in [0.25, 0.3) is 0 Å². The number of benzene rings is 1. The number of aryl methyl sites for hydroxylation is 2. The van der Waals surface area contributed by atoms with Crippen LogP contribution in [-0.4, -0.2) is 23.1 Å². The van der Waals surface area contributed by atoms with Gasteiger partial charge in [0.05, 0.1) is 6.54 Å². The zero-order chi connectivity index (χ0) is 13.8. The molecule has 0 saturated carbocycles. The van der Waals surface area contributed by atoms with E-state index in [1.54, 1.807) is 11.9 Å². The maximum Gasteiger partial charge on any atom is 0.321 e. The molecule has 0 bridgehead atoms. The van der Waals surface area contributed by atoms with Crippen molar-refractivity contribution >= 4 is 11.7 Å². The molecule has 0 aliphatic heterocycles. The second-order valence-corrected chi connectivity index (χ2v) is 4.58. The lowest BCUT2D eigenvalue weighted by molar-refractivity contribution is 0.219. The SMILES string of the molecule is Cc1cccc(NC(=O)N(C)Cc2cc(C)on2)c1. The Balaban J connectivity index is 1.96. The van der Waals surface area contributed by atoms with E-state index in [0.29, 0.717) is 6.54 Å². The summed E-state index contributed by atoms with van der Waals surface area (Å²) in [6.45, 7) is 4.22. The summed E-state index contributed by atoms with van der Waals surface area (Å²) in [7, 11) is 1.72. The van der Waals surface area contributed by atoms with E-state index in [2.05, 4.69) is 10.5 Å². The number of carbonyl (C=O) groups excluding carboxylic acids is 1. The molecule has 1 aromatic carbocycles. The maximum atomic E-state index is 12.0. The van der Waals surface area contributed by atoms with Crippen molar-refractivity contribution in [3.63, 3.8) is 0 Å². The predicted octanol–water partition coefficient (Wildman–Crippen LogP) is 2.96. The number of aromatic nitrogens is 1. The number of urea groups is 1. The Kier molecular flexibility index (Phi) is 3.85. The highest BCUT2D eigenvalue weighted by atomic mass is 16.5. The molecule has 100 valence electrons. The van der Waals surface area contributed by atoms with Gasteiger partial charge in [-0.3, -0.25) is 0 Å². The number of hydrogen-bond acceptors (Lipinski definition) is 3. The molecule has 1 aromatic heterocycles. The first-order chi connectivity index (χ1) is 9.04. The lowest BCUT2D eigenvalue weighted by atomic mass is 10.2. The van der Waals surface area contributed by atoms with Crippen LogP contribution < -0.4 is 5.32 Å². The molecule has 0 spiro atoms. The second kappa shape index (κ2) is 5.56. The average molecular weight is 259 g/mol. The normalized spacial score (nSPS) is 10.3. The molecule has 1 N–H and O–H groups in total. The van der Waals surface area contributed by atoms with E-state index in [-0.39, 0.29) is 6.03 Å². The Morgan fingerprint density at radius 1 is 1.37 bits per heavy atom. The largest absolute Gasteiger partial charge is 0.361 e. The number of nitrogens with one attached hydrogen (secondary N) is 1. The number of amides is 2. The van der Waals surface area contributed by atoms with Crippen LogP contribution in [0.3, 0.4) is 0 Å². The minimum absolute atomic E-state index is 0.175. The van der Waals surface area contributed by atoms with E-state index in [0.717, 1.165) is 22.7 Å². The quantitative estimate of drug-likeness (QED) is 0.921. The number of rotatable bonds is 3. The van der Waals surface area contributed by atoms with Crippen LogP contribution in [0.15, 0.2) is 34.9 Å². The molecule has 1 heterocycles. The van der Waals surface area contributed by atoms with Crippen molar-refractivity contribution in [1.29, 1.82) is 0 Å². The van der Waals surface area contributed by atoms with Crippen LogP contribution >= 0.6 is 0 Å². The van der Waals surface area contributed by atoms with E-state index in [9.17, 15) is 4.79 Å². The third kappa shape index (κ3) is 3.58. The lowest BCUT2D eigenvalue weighted by Crippen LogP contribution is -2.30. The first-order valence-electron chi connectivity index (χ1n) is 6.05. The van der Waals surface area contributed by atoms with Crippen molar-refractivity contribution in [1.82, 2.24) is 10.1 Å². The summed E-state index contributed by atoms with van der Waals surface area (Å²) >= 11 is 0. The lowest BCUT2D eigenvalue weighted by Gasteiger charge is -2.16. The van der Waals surface area contributed by atoms with Crippen LogP contribution in [0.4, 0.5) is 10.5 Å². The minimum atomic E-state index is -0.175. The van der Waals surface area contributed by atoms with E-state index in [1.807, 2.05) is 44.2 Å². The Labute approximate surface area is 112 Å². The summed E-state index contributed by atoms with van der Waals surface area (Å²) in [5, 5.41) is 6.70. The molecule has 2 amide bonds. The molecular weight excluding hydrogens is 242 g/mol. The van der Waals surface area contributed by atoms with Gasteiger partial charge in [-0.25, -0.2) is 4.79 Å². The highest BCUT2D eigenvalue weighted by Gasteiger charge is 2.11. The summed E-state index contributed by atoms with van der Waals surface area (Å²) in [6, 6.07) is 9.32. The Hall–Kier alpha value is -2.30. The summed E-state index contributed by atoms with van der Waals surface area (Å²) in [4.78, 5) is 13.5. The fourth-order valence-corrected chi connectivity index (χ4v) is 1.75. The van der Waals surface area contributed by atoms with E-state index in [1.165, 1.54) is 0 Å². The van der Waals surface area contributed by atoms with Gasteiger partial charge < -0.3 is 14.7 Å². The molecule has 0 radical (unpaired) electrons. The molecule has 0 saturated heterocycles. The molecule has 19 heavy (non-hydrogen) atoms. The van der Waals surface area contributed by atoms with Gasteiger partial charge in [-0.15, -0.1) is 0 Å². The average Bonchev–Trinajstić information content (AvgIpc) is 2.74. The topological polar surface area (TPSA) is 58.4 Å². The van der Waals surface area contributed by atoms with Crippen molar-refractivity contribution in [2.24, 2.45) is 0 Å². The van der Waals surface area contributed by atoms with E-state index >= 15 is 0 Å². The molecule has 0 unspecified atom stereocenters. The van der Waals surface area contributed by atoms with Gasteiger partial charge in [0, 0.05) is 18.8 Å². The van der Waals surface area contributed by atoms with Gasteiger partial charge >= 0.3 is 6.03 Å². The monoisotopic (exact) mass is 259 g/mol. The minimum Gasteiger partial charge on any atom is -0.361 e. The van der Waals surface area contributed by atoms with E-state index < -0.39 is 0 Å². The van der Waals surface area contributed by atoms with E-state index in [4.69, 9.17) is 4.52 Å². The highest BCUT2D eigenvalue weighted by molar-refractivity contribution is 5.89. The molecule has 5 nitrogen and oxygen atoms in total. The van der Waals surface area contributed by atoms with Gasteiger partial charge in [0.25, 0.3) is 0 Å². The molecule has 2 aromatic rings. The van der Waals surface area contributed by atoms with Crippen LogP contribution in [0.2, 0.25) is 0 Å². The molecule has 5 heteroatoms. The van der Waals surface area contributed by atoms with Crippen molar-refractivity contribution in [2.75, 3.05) is 12.4 Å². The van der Waals surface area contributed by atoms with Crippen LogP contribution in [-0.2, 0) is 6.54 Å². The van der Waals surface area contributed by atoms with Crippen molar-refractivity contribution in [3.05, 3.63) is 47.3 Å². The molecule has 2 rings (SSSR count). The standard InChI is InChI=1S/C14H17N3O2/c1-10-5-4-6-12(7-10)15-14(18)17(3)9-13-8-11(2)19-16-13/h4-8H,9H2,1-3H3,(H,15,18). The van der Waals surface area contributed by atoms with Gasteiger partial charge in [-0.05, 0) is 31.5 Å². The third-order valence-corrected chi connectivity index (χ3v) is 2.69. The Morgan fingerprint density at radius 3 is 2.79 bits per heavy atom. The third-order valence-electron chi connectivity index (χ3n) is 2.69. The Morgan fingerprint density at radius 2 is 2.16 bits per heavy atom. The Bertz CT molecular complexity index is 578. The van der Waals surface area contributed by atoms with Crippen LogP contribution in [0, 0.1) is 13.8 Å². The second-order valence-electron chi connectivity index (χ2n) is 4.58. The molecular formula is C14H17N3O2. The molecule has 0 atom stereocenters. The molecule has 0 aliphatic carbocycles. The summed E-state index contributed by atoms with van der Waals surface area (Å²) < 4.78 is 4.97. The fraction of sp³-hybridized carbons (Fsp3) is 0.286. The molecule has 0 fully saturated rings. The summed E-state index contributed by atoms with van der Waals surface area (Å²) in [5.41, 5.74) is 2.63. The van der Waals surface area contributed by atoms with Gasteiger partial charge in [-0.1, -0.05) is 17.3 Å².